The fourth-order valence-corrected chi connectivity index (χ4v) is 4.68. The zero-order chi connectivity index (χ0) is 22.1. The van der Waals surface area contributed by atoms with Gasteiger partial charge < -0.3 is 5.32 Å². The molecule has 0 spiro atoms. The van der Waals surface area contributed by atoms with Crippen LogP contribution < -0.4 is 5.32 Å². The zero-order valence-corrected chi connectivity index (χ0v) is 16.1. The molecule has 0 radical (unpaired) electrons. The van der Waals surface area contributed by atoms with Crippen LogP contribution in [0.5, 0.6) is 0 Å². The van der Waals surface area contributed by atoms with Gasteiger partial charge in [-0.2, -0.15) is 17.5 Å². The fraction of sp³-hybridized carbons (Fsp3) is 0.263. The van der Waals surface area contributed by atoms with Crippen molar-refractivity contribution < 1.29 is 35.6 Å². The number of anilines is 1. The van der Waals surface area contributed by atoms with E-state index in [1.807, 2.05) is 0 Å². The highest BCUT2D eigenvalue weighted by Gasteiger charge is 2.41. The summed E-state index contributed by atoms with van der Waals surface area (Å²) in [4.78, 5) is 23.9. The molecule has 1 N–H and O–H groups in total. The van der Waals surface area contributed by atoms with E-state index in [-0.39, 0.29) is 24.4 Å². The maximum absolute atomic E-state index is 13.0. The first-order valence-electron chi connectivity index (χ1n) is 8.76. The van der Waals surface area contributed by atoms with Crippen LogP contribution in [0.15, 0.2) is 53.4 Å². The molecule has 1 fully saturated rings. The number of nitrogens with one attached hydrogen (secondary N) is 1. The molecule has 1 heterocycles. The number of sulfonamides is 1. The van der Waals surface area contributed by atoms with Crippen molar-refractivity contribution >= 4 is 27.4 Å². The normalized spacial score (nSPS) is 18.3. The number of hydrogen-bond acceptors (Lipinski definition) is 4. The summed E-state index contributed by atoms with van der Waals surface area (Å²) in [6, 6.07) is 6.40. The van der Waals surface area contributed by atoms with Gasteiger partial charge in [0.1, 0.15) is 17.6 Å². The van der Waals surface area contributed by atoms with Crippen molar-refractivity contribution in [1.29, 1.82) is 0 Å². The number of nitrogens with zero attached hydrogens (tertiary/aromatic N) is 1. The Kier molecular flexibility index (Phi) is 5.95. The molecule has 160 valence electrons. The molecule has 2 aromatic carbocycles. The summed E-state index contributed by atoms with van der Waals surface area (Å²) in [5.41, 5.74) is -0.972. The van der Waals surface area contributed by atoms with Gasteiger partial charge in [0.25, 0.3) is 0 Å². The molecule has 1 aliphatic rings. The van der Waals surface area contributed by atoms with Crippen molar-refractivity contribution in [2.75, 3.05) is 11.9 Å². The van der Waals surface area contributed by atoms with Gasteiger partial charge in [-0.05, 0) is 42.5 Å². The van der Waals surface area contributed by atoms with E-state index >= 15 is 0 Å². The molecule has 0 aliphatic carbocycles. The first-order chi connectivity index (χ1) is 14.0. The number of ketones is 1. The topological polar surface area (TPSA) is 83.6 Å². The van der Waals surface area contributed by atoms with E-state index in [1.54, 1.807) is 0 Å². The molecular weight excluding hydrogens is 428 g/mol. The Hall–Kier alpha value is -2.79. The largest absolute Gasteiger partial charge is 0.416 e. The number of Topliss-reactive ketones (excluding diaryl/α,β-unsaturated/α-hetero) is 1. The van der Waals surface area contributed by atoms with Crippen LogP contribution in [0, 0.1) is 5.82 Å². The van der Waals surface area contributed by atoms with Gasteiger partial charge in [-0.1, -0.05) is 6.07 Å². The van der Waals surface area contributed by atoms with E-state index in [0.29, 0.717) is 6.07 Å². The second kappa shape index (κ2) is 8.15. The van der Waals surface area contributed by atoms with Gasteiger partial charge in [0.05, 0.1) is 10.5 Å². The van der Waals surface area contributed by atoms with Crippen LogP contribution in [0.2, 0.25) is 0 Å². The molecule has 0 aromatic heterocycles. The molecule has 1 unspecified atom stereocenters. The maximum Gasteiger partial charge on any atom is 0.416 e. The minimum atomic E-state index is -4.75. The highest BCUT2D eigenvalue weighted by atomic mass is 32.2. The average Bonchev–Trinajstić information content (AvgIpc) is 2.69. The van der Waals surface area contributed by atoms with Gasteiger partial charge in [-0.25, -0.2) is 12.8 Å². The molecule has 0 saturated carbocycles. The lowest BCUT2D eigenvalue weighted by Crippen LogP contribution is -2.52. The van der Waals surface area contributed by atoms with Gasteiger partial charge in [0.2, 0.25) is 15.9 Å². The first kappa shape index (κ1) is 21.9. The van der Waals surface area contributed by atoms with Crippen molar-refractivity contribution in [3.8, 4) is 0 Å². The number of rotatable bonds is 4. The van der Waals surface area contributed by atoms with Crippen molar-refractivity contribution in [2.24, 2.45) is 0 Å². The van der Waals surface area contributed by atoms with E-state index in [1.165, 1.54) is 12.1 Å². The quantitative estimate of drug-likeness (QED) is 0.735. The number of alkyl halides is 3. The Morgan fingerprint density at radius 1 is 1.10 bits per heavy atom. The summed E-state index contributed by atoms with van der Waals surface area (Å²) < 4.78 is 78.7. The third-order valence-electron chi connectivity index (χ3n) is 4.56. The van der Waals surface area contributed by atoms with Crippen LogP contribution in [0.25, 0.3) is 0 Å². The lowest BCUT2D eigenvalue weighted by molar-refractivity contribution is -0.137. The second-order valence-corrected chi connectivity index (χ2v) is 8.54. The lowest BCUT2D eigenvalue weighted by atomic mass is 10.0. The number of halogens is 4. The SMILES string of the molecule is O=C1CCN(S(=O)(=O)c2cccc(C(F)(F)F)c2)C(C(=O)Nc2ccc(F)cc2)C1. The molecule has 1 aliphatic heterocycles. The van der Waals surface area contributed by atoms with Crippen molar-refractivity contribution in [3.05, 3.63) is 59.9 Å². The van der Waals surface area contributed by atoms with Crippen LogP contribution in [0.4, 0.5) is 23.2 Å². The van der Waals surface area contributed by atoms with Crippen LogP contribution >= 0.6 is 0 Å². The van der Waals surface area contributed by atoms with Crippen LogP contribution in [-0.2, 0) is 25.8 Å². The minimum absolute atomic E-state index is 0.168. The van der Waals surface area contributed by atoms with Gasteiger partial charge in [-0.3, -0.25) is 9.59 Å². The fourth-order valence-electron chi connectivity index (χ4n) is 3.05. The summed E-state index contributed by atoms with van der Waals surface area (Å²) in [7, 11) is -4.50. The smallest absolute Gasteiger partial charge is 0.325 e. The zero-order valence-electron chi connectivity index (χ0n) is 15.3. The number of carbonyl (C=O) groups is 2. The Bertz CT molecular complexity index is 1070. The molecule has 6 nitrogen and oxygen atoms in total. The second-order valence-electron chi connectivity index (χ2n) is 6.65. The van der Waals surface area contributed by atoms with Gasteiger partial charge in [0, 0.05) is 25.1 Å². The van der Waals surface area contributed by atoms with Crippen molar-refractivity contribution in [1.82, 2.24) is 4.31 Å². The molecule has 11 heteroatoms. The third kappa shape index (κ3) is 4.68. The standard InChI is InChI=1S/C19H16F4N2O4S/c20-13-4-6-14(7-5-13)24-18(27)17-11-15(26)8-9-25(17)30(28,29)16-3-1-2-12(10-16)19(21,22)23/h1-7,10,17H,8-9,11H2,(H,24,27). The highest BCUT2D eigenvalue weighted by Crippen LogP contribution is 2.32. The van der Waals surface area contributed by atoms with E-state index in [4.69, 9.17) is 0 Å². The minimum Gasteiger partial charge on any atom is -0.325 e. The summed E-state index contributed by atoms with van der Waals surface area (Å²) in [6.07, 6.45) is -5.34. The Labute approximate surface area is 169 Å². The van der Waals surface area contributed by atoms with Gasteiger partial charge in [0.15, 0.2) is 0 Å². The molecule has 2 aromatic rings. The third-order valence-corrected chi connectivity index (χ3v) is 6.47. The Morgan fingerprint density at radius 2 is 1.77 bits per heavy atom. The number of amides is 1. The van der Waals surface area contributed by atoms with Crippen LogP contribution in [0.1, 0.15) is 18.4 Å². The van der Waals surface area contributed by atoms with E-state index in [9.17, 15) is 35.6 Å². The van der Waals surface area contributed by atoms with E-state index < -0.39 is 50.8 Å². The van der Waals surface area contributed by atoms with Crippen LogP contribution in [0.3, 0.4) is 0 Å². The highest BCUT2D eigenvalue weighted by molar-refractivity contribution is 7.89. The predicted octanol–water partition coefficient (Wildman–Crippen LogP) is 3.21. The van der Waals surface area contributed by atoms with E-state index in [0.717, 1.165) is 34.6 Å². The van der Waals surface area contributed by atoms with E-state index in [2.05, 4.69) is 5.32 Å². The molecule has 0 bridgehead atoms. The molecule has 1 saturated heterocycles. The van der Waals surface area contributed by atoms with Crippen molar-refractivity contribution in [2.45, 2.75) is 30.0 Å². The Balaban J connectivity index is 1.92. The number of carbonyl (C=O) groups excluding carboxylic acids is 2. The monoisotopic (exact) mass is 444 g/mol. The van der Waals surface area contributed by atoms with Gasteiger partial charge in [-0.15, -0.1) is 0 Å². The molecule has 30 heavy (non-hydrogen) atoms. The maximum atomic E-state index is 13.0. The van der Waals surface area contributed by atoms with Gasteiger partial charge >= 0.3 is 6.18 Å². The molecule has 1 atom stereocenters. The summed E-state index contributed by atoms with van der Waals surface area (Å²) in [5.74, 6) is -1.75. The van der Waals surface area contributed by atoms with Crippen LogP contribution in [-0.4, -0.2) is 37.0 Å². The molecule has 3 rings (SSSR count). The Morgan fingerprint density at radius 3 is 2.40 bits per heavy atom. The molecule has 1 amide bonds. The summed E-state index contributed by atoms with van der Waals surface area (Å²) in [5, 5.41) is 2.40. The number of benzene rings is 2. The van der Waals surface area contributed by atoms with Crippen molar-refractivity contribution in [3.63, 3.8) is 0 Å². The average molecular weight is 444 g/mol. The summed E-state index contributed by atoms with van der Waals surface area (Å²) >= 11 is 0. The molecular formula is C19H16F4N2O4S. The first-order valence-corrected chi connectivity index (χ1v) is 10.2. The summed E-state index contributed by atoms with van der Waals surface area (Å²) in [6.45, 7) is -0.348. The lowest BCUT2D eigenvalue weighted by Gasteiger charge is -2.33. The predicted molar refractivity (Wildman–Crippen MR) is 98.4 cm³/mol. The number of hydrogen-bond donors (Lipinski definition) is 1. The number of piperidine rings is 1.